The van der Waals surface area contributed by atoms with Crippen molar-refractivity contribution in [2.24, 2.45) is 0 Å². The third-order valence-corrected chi connectivity index (χ3v) is 4.52. The van der Waals surface area contributed by atoms with Crippen LogP contribution in [0.5, 0.6) is 0 Å². The van der Waals surface area contributed by atoms with Crippen molar-refractivity contribution in [3.63, 3.8) is 0 Å². The fourth-order valence-corrected chi connectivity index (χ4v) is 3.22. The van der Waals surface area contributed by atoms with E-state index in [0.29, 0.717) is 18.2 Å². The molecule has 21 heavy (non-hydrogen) atoms. The minimum absolute atomic E-state index is 0.304. The quantitative estimate of drug-likeness (QED) is 0.769. The molecule has 1 aliphatic heterocycles. The Labute approximate surface area is 128 Å². The van der Waals surface area contributed by atoms with E-state index in [1.165, 1.54) is 18.5 Å². The maximum absolute atomic E-state index is 12.0. The summed E-state index contributed by atoms with van der Waals surface area (Å²) < 4.78 is 0. The Morgan fingerprint density at radius 2 is 1.95 bits per heavy atom. The summed E-state index contributed by atoms with van der Waals surface area (Å²) in [6.07, 6.45) is 2.92. The summed E-state index contributed by atoms with van der Waals surface area (Å²) in [5.74, 6) is 0.975. The van der Waals surface area contributed by atoms with Crippen LogP contribution in [-0.2, 0) is 4.79 Å². The Morgan fingerprint density at radius 3 is 2.62 bits per heavy atom. The van der Waals surface area contributed by atoms with Crippen LogP contribution in [-0.4, -0.2) is 48.4 Å². The van der Waals surface area contributed by atoms with Crippen molar-refractivity contribution in [2.75, 3.05) is 32.7 Å². The van der Waals surface area contributed by atoms with Gasteiger partial charge in [0.05, 0.1) is 0 Å². The zero-order valence-electron chi connectivity index (χ0n) is 13.4. The van der Waals surface area contributed by atoms with Gasteiger partial charge in [-0.25, -0.2) is 0 Å². The van der Waals surface area contributed by atoms with Crippen molar-refractivity contribution in [3.8, 4) is 0 Å². The summed E-state index contributed by atoms with van der Waals surface area (Å²) in [7, 11) is 0. The molecular weight excluding hydrogens is 260 g/mol. The molecule has 0 radical (unpaired) electrons. The van der Waals surface area contributed by atoms with E-state index in [1.54, 1.807) is 0 Å². The molecule has 0 aliphatic carbocycles. The van der Waals surface area contributed by atoms with Crippen molar-refractivity contribution in [1.29, 1.82) is 0 Å². The molecule has 1 aliphatic rings. The minimum atomic E-state index is 0.304. The third kappa shape index (κ3) is 4.57. The lowest BCUT2D eigenvalue weighted by Gasteiger charge is -2.20. The summed E-state index contributed by atoms with van der Waals surface area (Å²) in [5, 5.41) is 0. The maximum Gasteiger partial charge on any atom is 0.222 e. The summed E-state index contributed by atoms with van der Waals surface area (Å²) in [4.78, 5) is 16.4. The highest BCUT2D eigenvalue weighted by Gasteiger charge is 2.23. The second-order valence-electron chi connectivity index (χ2n) is 5.87. The Kier molecular flexibility index (Phi) is 6.24. The minimum Gasteiger partial charge on any atom is -0.343 e. The van der Waals surface area contributed by atoms with Crippen molar-refractivity contribution in [1.82, 2.24) is 9.80 Å². The van der Waals surface area contributed by atoms with Crippen molar-refractivity contribution in [2.45, 2.75) is 39.0 Å². The first kappa shape index (κ1) is 16.0. The molecule has 3 nitrogen and oxygen atoms in total. The van der Waals surface area contributed by atoms with Gasteiger partial charge in [-0.2, -0.15) is 0 Å². The van der Waals surface area contributed by atoms with Crippen LogP contribution in [0.15, 0.2) is 30.3 Å². The first-order chi connectivity index (χ1) is 10.2. The topological polar surface area (TPSA) is 23.6 Å². The smallest absolute Gasteiger partial charge is 0.222 e. The predicted molar refractivity (Wildman–Crippen MR) is 87.4 cm³/mol. The van der Waals surface area contributed by atoms with Crippen molar-refractivity contribution in [3.05, 3.63) is 35.9 Å². The van der Waals surface area contributed by atoms with E-state index < -0.39 is 0 Å². The Balaban J connectivity index is 1.70. The van der Waals surface area contributed by atoms with Gasteiger partial charge in [-0.05, 0) is 51.3 Å². The predicted octanol–water partition coefficient (Wildman–Crippen LogP) is 3.12. The second-order valence-corrected chi connectivity index (χ2v) is 5.87. The molecule has 1 amide bonds. The molecule has 116 valence electrons. The van der Waals surface area contributed by atoms with Gasteiger partial charge >= 0.3 is 0 Å². The van der Waals surface area contributed by atoms with Crippen LogP contribution >= 0.6 is 0 Å². The van der Waals surface area contributed by atoms with Crippen LogP contribution in [0.3, 0.4) is 0 Å². The number of likely N-dealkylation sites (tertiary alicyclic amines) is 1. The second kappa shape index (κ2) is 8.18. The summed E-state index contributed by atoms with van der Waals surface area (Å²) in [6, 6.07) is 10.8. The van der Waals surface area contributed by atoms with Crippen LogP contribution < -0.4 is 0 Å². The van der Waals surface area contributed by atoms with Crippen LogP contribution in [0.2, 0.25) is 0 Å². The lowest BCUT2D eigenvalue weighted by Crippen LogP contribution is -2.31. The molecule has 0 spiro atoms. The lowest BCUT2D eigenvalue weighted by molar-refractivity contribution is -0.130. The molecule has 0 aromatic heterocycles. The molecule has 1 aromatic carbocycles. The van der Waals surface area contributed by atoms with Crippen LogP contribution in [0.4, 0.5) is 0 Å². The molecule has 3 heteroatoms. The highest BCUT2D eigenvalue weighted by molar-refractivity contribution is 5.76. The molecule has 0 saturated carbocycles. The average Bonchev–Trinajstić information content (AvgIpc) is 2.98. The molecule has 1 unspecified atom stereocenters. The Morgan fingerprint density at radius 1 is 1.24 bits per heavy atom. The molecule has 1 fully saturated rings. The molecule has 1 aromatic rings. The van der Waals surface area contributed by atoms with E-state index >= 15 is 0 Å². The molecule has 1 saturated heterocycles. The normalized spacial score (nSPS) is 18.9. The summed E-state index contributed by atoms with van der Waals surface area (Å²) >= 11 is 0. The fraction of sp³-hybridized carbons (Fsp3) is 0.611. The maximum atomic E-state index is 12.0. The zero-order chi connectivity index (χ0) is 15.1. The SMILES string of the molecule is CCN(CC)C(=O)CCCN1CCC(c2ccccc2)C1. The lowest BCUT2D eigenvalue weighted by atomic mass is 9.99. The molecule has 2 rings (SSSR count). The number of carbonyl (C=O) groups excluding carboxylic acids is 1. The average molecular weight is 288 g/mol. The summed E-state index contributed by atoms with van der Waals surface area (Å²) in [6.45, 7) is 9.11. The molecule has 1 heterocycles. The van der Waals surface area contributed by atoms with Gasteiger partial charge in [0, 0.05) is 26.1 Å². The van der Waals surface area contributed by atoms with E-state index in [1.807, 2.05) is 18.7 Å². The van der Waals surface area contributed by atoms with Gasteiger partial charge in [-0.15, -0.1) is 0 Å². The first-order valence-corrected chi connectivity index (χ1v) is 8.29. The number of nitrogens with zero attached hydrogens (tertiary/aromatic N) is 2. The number of rotatable bonds is 7. The highest BCUT2D eigenvalue weighted by atomic mass is 16.2. The molecular formula is C18H28N2O. The van der Waals surface area contributed by atoms with Crippen molar-refractivity contribution >= 4 is 5.91 Å². The van der Waals surface area contributed by atoms with Crippen LogP contribution in [0.25, 0.3) is 0 Å². The standard InChI is InChI=1S/C18H28N2O/c1-3-20(4-2)18(21)11-8-13-19-14-12-17(15-19)16-9-6-5-7-10-16/h5-7,9-10,17H,3-4,8,11-15H2,1-2H3. The van der Waals surface area contributed by atoms with Crippen LogP contribution in [0.1, 0.15) is 44.6 Å². The monoisotopic (exact) mass is 288 g/mol. The largest absolute Gasteiger partial charge is 0.343 e. The van der Waals surface area contributed by atoms with Crippen molar-refractivity contribution < 1.29 is 4.79 Å². The number of hydrogen-bond donors (Lipinski definition) is 0. The van der Waals surface area contributed by atoms with Gasteiger partial charge in [0.1, 0.15) is 0 Å². The van der Waals surface area contributed by atoms with Crippen LogP contribution in [0, 0.1) is 0 Å². The highest BCUT2D eigenvalue weighted by Crippen LogP contribution is 2.26. The van der Waals surface area contributed by atoms with E-state index in [2.05, 4.69) is 35.2 Å². The Bertz CT molecular complexity index is 428. The zero-order valence-corrected chi connectivity index (χ0v) is 13.4. The number of benzene rings is 1. The number of carbonyl (C=O) groups is 1. The Hall–Kier alpha value is -1.35. The van der Waals surface area contributed by atoms with E-state index in [9.17, 15) is 4.79 Å². The first-order valence-electron chi connectivity index (χ1n) is 8.29. The van der Waals surface area contributed by atoms with E-state index in [-0.39, 0.29) is 0 Å². The van der Waals surface area contributed by atoms with Gasteiger partial charge in [-0.3, -0.25) is 4.79 Å². The molecule has 0 bridgehead atoms. The van der Waals surface area contributed by atoms with Gasteiger partial charge in [0.15, 0.2) is 0 Å². The third-order valence-electron chi connectivity index (χ3n) is 4.52. The van der Waals surface area contributed by atoms with Gasteiger partial charge in [0.2, 0.25) is 5.91 Å². The van der Waals surface area contributed by atoms with E-state index in [4.69, 9.17) is 0 Å². The number of amides is 1. The van der Waals surface area contributed by atoms with Gasteiger partial charge in [0.25, 0.3) is 0 Å². The van der Waals surface area contributed by atoms with Gasteiger partial charge in [-0.1, -0.05) is 30.3 Å². The fourth-order valence-electron chi connectivity index (χ4n) is 3.22. The molecule has 0 N–H and O–H groups in total. The molecule has 1 atom stereocenters. The van der Waals surface area contributed by atoms with Gasteiger partial charge < -0.3 is 9.80 Å². The summed E-state index contributed by atoms with van der Waals surface area (Å²) in [5.41, 5.74) is 1.46. The van der Waals surface area contributed by atoms with E-state index in [0.717, 1.165) is 32.6 Å². The number of hydrogen-bond acceptors (Lipinski definition) is 2.